The fraction of sp³-hybridized carbons (Fsp3) is 0.776. The van der Waals surface area contributed by atoms with Gasteiger partial charge in [-0.25, -0.2) is 4.79 Å². The summed E-state index contributed by atoms with van der Waals surface area (Å²) < 4.78 is 49.6. The summed E-state index contributed by atoms with van der Waals surface area (Å²) >= 11 is 0. The first-order valence-electron chi connectivity index (χ1n) is 40.8. The number of carboxylic acid groups (broad SMARTS) is 1. The number of benzene rings is 3. The molecule has 9 nitrogen and oxygen atoms in total. The van der Waals surface area contributed by atoms with Gasteiger partial charge < -0.3 is 37.7 Å². The summed E-state index contributed by atoms with van der Waals surface area (Å²) in [6, 6.07) is 18.0. The van der Waals surface area contributed by atoms with Crippen molar-refractivity contribution >= 4 is 16.5 Å². The Kier molecular flexibility index (Phi) is 54.9. The Morgan fingerprint density at radius 2 is 0.463 bits per heavy atom. The minimum Gasteiger partial charge on any atom is -0.493 e. The van der Waals surface area contributed by atoms with E-state index in [1.807, 2.05) is 54.6 Å². The molecule has 0 heterocycles. The average molecular weight is 1350 g/mol. The number of rotatable bonds is 70. The molecule has 3 aromatic rings. The maximum Gasteiger partial charge on any atom is 0.517 e. The zero-order chi connectivity index (χ0) is 68.0. The number of hydrogen-bond acceptors (Lipinski definition) is 8. The fourth-order valence-electron chi connectivity index (χ4n) is 13.0. The highest BCUT2D eigenvalue weighted by molar-refractivity contribution is 8.30. The van der Waals surface area contributed by atoms with Crippen molar-refractivity contribution in [2.24, 2.45) is 0 Å². The van der Waals surface area contributed by atoms with Gasteiger partial charge in [0.1, 0.15) is 44.3 Å². The van der Waals surface area contributed by atoms with Crippen molar-refractivity contribution in [3.63, 3.8) is 0 Å². The second kappa shape index (κ2) is 61.2. The third-order valence-corrected chi connectivity index (χ3v) is 22.2. The van der Waals surface area contributed by atoms with Gasteiger partial charge in [-0.3, -0.25) is 0 Å². The fourth-order valence-corrected chi connectivity index (χ4v) is 16.3. The Morgan fingerprint density at radius 3 is 0.663 bits per heavy atom. The van der Waals surface area contributed by atoms with Crippen LogP contribution in [-0.2, 0) is 4.18 Å². The van der Waals surface area contributed by atoms with Crippen LogP contribution in [0.1, 0.15) is 388 Å². The minimum absolute atomic E-state index is 0.440. The normalized spacial score (nSPS) is 11.7. The van der Waals surface area contributed by atoms with Crippen molar-refractivity contribution in [2.75, 3.05) is 39.6 Å². The third kappa shape index (κ3) is 40.7. The molecule has 0 aliphatic heterocycles. The summed E-state index contributed by atoms with van der Waals surface area (Å²) in [5.41, 5.74) is 0. The molecule has 0 aliphatic carbocycles. The lowest BCUT2D eigenvalue weighted by Crippen LogP contribution is -2.18. The van der Waals surface area contributed by atoms with E-state index in [9.17, 15) is 9.90 Å². The van der Waals surface area contributed by atoms with Crippen molar-refractivity contribution in [1.82, 2.24) is 0 Å². The SMILES string of the molecule is CCCCCCCCCCCOc1cc(OCCCCCCCCCCC)c(S(OC(=O)O)(c2ccccc2)c2c(OCCCCCCCCCCC)cc(OCCCCCCCCCCC)cc2OCCCCCCCCCCC)c(OCCCCCCCCCCC)c1. The Balaban J connectivity index is 2.36. The predicted molar refractivity (Wildman–Crippen MR) is 407 cm³/mol. The molecule has 0 saturated heterocycles. The third-order valence-electron chi connectivity index (χ3n) is 18.9. The van der Waals surface area contributed by atoms with E-state index in [1.165, 1.54) is 244 Å². The van der Waals surface area contributed by atoms with E-state index in [1.54, 1.807) is 0 Å². The van der Waals surface area contributed by atoms with Gasteiger partial charge in [0.15, 0.2) is 0 Å². The Morgan fingerprint density at radius 1 is 0.274 bits per heavy atom. The summed E-state index contributed by atoms with van der Waals surface area (Å²) in [6.07, 6.45) is 63.3. The van der Waals surface area contributed by atoms with Crippen LogP contribution in [0, 0.1) is 0 Å². The summed E-state index contributed by atoms with van der Waals surface area (Å²) in [6.45, 7) is 16.5. The molecule has 548 valence electrons. The molecule has 10 heteroatoms. The molecule has 0 bridgehead atoms. The van der Waals surface area contributed by atoms with Crippen LogP contribution in [0.4, 0.5) is 4.79 Å². The van der Waals surface area contributed by atoms with Gasteiger partial charge >= 0.3 is 6.16 Å². The van der Waals surface area contributed by atoms with E-state index in [0.717, 1.165) is 103 Å². The van der Waals surface area contributed by atoms with E-state index in [4.69, 9.17) is 32.6 Å². The monoisotopic (exact) mass is 1350 g/mol. The summed E-state index contributed by atoms with van der Waals surface area (Å²) in [5, 5.41) is 11.7. The van der Waals surface area contributed by atoms with Crippen LogP contribution in [0.25, 0.3) is 0 Å². The van der Waals surface area contributed by atoms with Crippen LogP contribution < -0.4 is 28.4 Å². The van der Waals surface area contributed by atoms with Gasteiger partial charge in [0.25, 0.3) is 0 Å². The predicted octanol–water partition coefficient (Wildman–Crippen LogP) is 29.0. The smallest absolute Gasteiger partial charge is 0.493 e. The molecule has 0 radical (unpaired) electrons. The van der Waals surface area contributed by atoms with Crippen LogP contribution in [0.5, 0.6) is 34.5 Å². The summed E-state index contributed by atoms with van der Waals surface area (Å²) in [4.78, 5) is 16.1. The Labute approximate surface area is 587 Å². The van der Waals surface area contributed by atoms with Crippen LogP contribution in [0.15, 0.2) is 69.3 Å². The molecule has 0 aliphatic rings. The zero-order valence-corrected chi connectivity index (χ0v) is 63.6. The van der Waals surface area contributed by atoms with Crippen LogP contribution in [-0.4, -0.2) is 50.9 Å². The maximum absolute atomic E-state index is 14.3. The molecule has 0 amide bonds. The van der Waals surface area contributed by atoms with E-state index >= 15 is 0 Å². The maximum atomic E-state index is 14.3. The zero-order valence-electron chi connectivity index (χ0n) is 62.7. The molecule has 0 spiro atoms. The molecule has 0 atom stereocenters. The van der Waals surface area contributed by atoms with E-state index in [2.05, 4.69) is 41.5 Å². The standard InChI is InChI=1S/C85H148O9S/c1-7-13-19-25-31-37-43-49-58-66-88-76-72-79(90-68-60-51-45-39-33-27-21-15-9-3)83(80(73-76)91-69-61-52-46-40-34-28-22-16-10-4)95(94-85(86)87,78-64-56-55-57-65-78)84-81(92-70-62-53-47-41-35-29-23-17-11-5)74-77(89-67-59-50-44-38-32-26-20-14-8-2)75-82(84)93-71-63-54-48-42-36-30-24-18-12-6/h55-57,64-65,72-75H,7-54,58-63,66-71H2,1-6H3,(H,86,87). The average Bonchev–Trinajstić information content (AvgIpc) is 0.722. The molecule has 0 saturated carbocycles. The van der Waals surface area contributed by atoms with E-state index in [0.29, 0.717) is 88.8 Å². The highest BCUT2D eigenvalue weighted by atomic mass is 32.3. The van der Waals surface area contributed by atoms with Crippen molar-refractivity contribution in [1.29, 1.82) is 0 Å². The molecular weight excluding hydrogens is 1200 g/mol. The van der Waals surface area contributed by atoms with Crippen LogP contribution >= 0.6 is 10.3 Å². The molecule has 3 aromatic carbocycles. The van der Waals surface area contributed by atoms with Crippen molar-refractivity contribution in [3.05, 3.63) is 54.6 Å². The molecule has 3 rings (SSSR count). The number of ether oxygens (including phenoxy) is 6. The lowest BCUT2D eigenvalue weighted by atomic mass is 10.1. The highest BCUT2D eigenvalue weighted by Gasteiger charge is 2.46. The number of unbranched alkanes of at least 4 members (excludes halogenated alkanes) is 48. The first-order valence-corrected chi connectivity index (χ1v) is 42.4. The van der Waals surface area contributed by atoms with E-state index < -0.39 is 16.5 Å². The van der Waals surface area contributed by atoms with Gasteiger partial charge in [0.2, 0.25) is 0 Å². The first kappa shape index (κ1) is 85.3. The van der Waals surface area contributed by atoms with E-state index in [-0.39, 0.29) is 0 Å². The van der Waals surface area contributed by atoms with Crippen molar-refractivity contribution in [3.8, 4) is 34.5 Å². The van der Waals surface area contributed by atoms with Crippen molar-refractivity contribution < 1.29 is 42.5 Å². The molecular formula is C85H148O9S. The number of hydrogen-bond donors (Lipinski definition) is 1. The van der Waals surface area contributed by atoms with Gasteiger partial charge in [-0.2, -0.15) is 0 Å². The molecule has 0 fully saturated rings. The van der Waals surface area contributed by atoms with Gasteiger partial charge in [-0.1, -0.05) is 368 Å². The first-order chi connectivity index (χ1) is 46.9. The topological polar surface area (TPSA) is 102 Å². The second-order valence-corrected chi connectivity index (χ2v) is 30.3. The Hall–Kier alpha value is -3.92. The molecule has 1 N–H and O–H groups in total. The van der Waals surface area contributed by atoms with Gasteiger partial charge in [-0.15, -0.1) is 0 Å². The Bertz CT molecular complexity index is 1990. The molecule has 95 heavy (non-hydrogen) atoms. The van der Waals surface area contributed by atoms with Gasteiger partial charge in [0, 0.05) is 39.5 Å². The van der Waals surface area contributed by atoms with Crippen molar-refractivity contribution in [2.45, 2.75) is 403 Å². The lowest BCUT2D eigenvalue weighted by Gasteiger charge is -2.41. The molecule has 0 unspecified atom stereocenters. The second-order valence-electron chi connectivity index (χ2n) is 27.8. The largest absolute Gasteiger partial charge is 0.517 e. The highest BCUT2D eigenvalue weighted by Crippen LogP contribution is 2.77. The summed E-state index contributed by atoms with van der Waals surface area (Å²) in [5.74, 6) is 3.35. The van der Waals surface area contributed by atoms with Crippen LogP contribution in [0.3, 0.4) is 0 Å². The quantitative estimate of drug-likeness (QED) is 0.0554. The minimum atomic E-state index is -3.44. The van der Waals surface area contributed by atoms with Crippen LogP contribution in [0.2, 0.25) is 0 Å². The molecule has 0 aromatic heterocycles. The number of carbonyl (C=O) groups is 1. The van der Waals surface area contributed by atoms with Gasteiger partial charge in [0.05, 0.1) is 39.6 Å². The van der Waals surface area contributed by atoms with Gasteiger partial charge in [-0.05, 0) is 50.7 Å². The summed E-state index contributed by atoms with van der Waals surface area (Å²) in [7, 11) is -3.44. The lowest BCUT2D eigenvalue weighted by molar-refractivity contribution is 0.149.